The van der Waals surface area contributed by atoms with Gasteiger partial charge in [-0.25, -0.2) is 0 Å². The van der Waals surface area contributed by atoms with Crippen molar-refractivity contribution >= 4 is 29.0 Å². The van der Waals surface area contributed by atoms with E-state index in [1.54, 1.807) is 18.9 Å². The number of methoxy groups -OCH3 is 1. The van der Waals surface area contributed by atoms with Gasteiger partial charge in [-0.2, -0.15) is 11.8 Å². The summed E-state index contributed by atoms with van der Waals surface area (Å²) in [6, 6.07) is 14.4. The van der Waals surface area contributed by atoms with Crippen LogP contribution in [0, 0.1) is 0 Å². The third kappa shape index (κ3) is 4.66. The molecule has 0 fully saturated rings. The average molecular weight is 384 g/mol. The molecule has 0 atom stereocenters. The number of hydrogen-bond donors (Lipinski definition) is 2. The highest BCUT2D eigenvalue weighted by Gasteiger charge is 2.24. The van der Waals surface area contributed by atoms with Crippen LogP contribution in [0.15, 0.2) is 48.5 Å². The van der Waals surface area contributed by atoms with E-state index >= 15 is 0 Å². The zero-order chi connectivity index (χ0) is 19.4. The molecule has 4 nitrogen and oxygen atoms in total. The number of aliphatic carboxylic acids is 1. The van der Waals surface area contributed by atoms with Crippen LogP contribution in [-0.4, -0.2) is 35.2 Å². The van der Waals surface area contributed by atoms with Gasteiger partial charge >= 0.3 is 5.97 Å². The lowest BCUT2D eigenvalue weighted by atomic mass is 9.89. The first-order valence-corrected chi connectivity index (χ1v) is 10.1. The molecular formula is C22H25NO3S. The van der Waals surface area contributed by atoms with E-state index in [4.69, 9.17) is 9.84 Å². The molecule has 0 unspecified atom stereocenters. The molecular weight excluding hydrogens is 358 g/mol. The number of benzene rings is 2. The van der Waals surface area contributed by atoms with Crippen molar-refractivity contribution in [3.8, 4) is 16.9 Å². The fraction of sp³-hybridized carbons (Fsp3) is 0.318. The molecule has 2 N–H and O–H groups in total. The van der Waals surface area contributed by atoms with E-state index in [1.807, 2.05) is 18.2 Å². The van der Waals surface area contributed by atoms with Crippen molar-refractivity contribution in [2.75, 3.05) is 23.9 Å². The van der Waals surface area contributed by atoms with Gasteiger partial charge in [-0.1, -0.05) is 30.3 Å². The third-order valence-electron chi connectivity index (χ3n) is 4.49. The Morgan fingerprint density at radius 1 is 1.19 bits per heavy atom. The Morgan fingerprint density at radius 3 is 2.70 bits per heavy atom. The smallest absolute Gasteiger partial charge is 0.304 e. The molecule has 1 aliphatic rings. The van der Waals surface area contributed by atoms with Gasteiger partial charge in [0, 0.05) is 28.3 Å². The molecule has 1 aliphatic heterocycles. The highest BCUT2D eigenvalue weighted by Crippen LogP contribution is 2.39. The third-order valence-corrected chi connectivity index (χ3v) is 5.50. The van der Waals surface area contributed by atoms with Crippen LogP contribution in [0.5, 0.6) is 5.75 Å². The highest BCUT2D eigenvalue weighted by molar-refractivity contribution is 7.99. The summed E-state index contributed by atoms with van der Waals surface area (Å²) in [6.45, 7) is 4.29. The molecule has 0 saturated heterocycles. The van der Waals surface area contributed by atoms with E-state index in [2.05, 4.69) is 49.5 Å². The van der Waals surface area contributed by atoms with Gasteiger partial charge in [-0.05, 0) is 43.2 Å². The fourth-order valence-corrected chi connectivity index (χ4v) is 4.25. The normalized spacial score (nSPS) is 14.7. The summed E-state index contributed by atoms with van der Waals surface area (Å²) >= 11 is 1.66. The first-order valence-electron chi connectivity index (χ1n) is 8.97. The Kier molecular flexibility index (Phi) is 5.80. The zero-order valence-corrected chi connectivity index (χ0v) is 16.7. The van der Waals surface area contributed by atoms with Crippen LogP contribution in [0.3, 0.4) is 0 Å². The van der Waals surface area contributed by atoms with Crippen LogP contribution in [-0.2, 0) is 4.79 Å². The van der Waals surface area contributed by atoms with E-state index in [9.17, 15) is 4.79 Å². The highest BCUT2D eigenvalue weighted by atomic mass is 32.2. The van der Waals surface area contributed by atoms with Gasteiger partial charge in [-0.3, -0.25) is 4.79 Å². The SMILES string of the molecule is COc1ccccc1-c1ccc2c(c1)C(CSCCC(=O)O)=CC(C)(C)N2. The van der Waals surface area contributed by atoms with E-state index in [0.29, 0.717) is 5.75 Å². The van der Waals surface area contributed by atoms with Crippen LogP contribution in [0.25, 0.3) is 16.7 Å². The Labute approximate surface area is 164 Å². The maximum Gasteiger partial charge on any atom is 0.304 e. The van der Waals surface area contributed by atoms with E-state index < -0.39 is 5.97 Å². The number of carbonyl (C=O) groups is 1. The lowest BCUT2D eigenvalue weighted by molar-refractivity contribution is -0.136. The van der Waals surface area contributed by atoms with Crippen molar-refractivity contribution in [3.05, 3.63) is 54.1 Å². The van der Waals surface area contributed by atoms with E-state index in [-0.39, 0.29) is 12.0 Å². The molecule has 0 bridgehead atoms. The van der Waals surface area contributed by atoms with Crippen LogP contribution in [0.4, 0.5) is 5.69 Å². The van der Waals surface area contributed by atoms with Gasteiger partial charge < -0.3 is 15.2 Å². The second-order valence-corrected chi connectivity index (χ2v) is 8.28. The number of anilines is 1. The molecule has 0 aromatic heterocycles. The van der Waals surface area contributed by atoms with Gasteiger partial charge in [0.05, 0.1) is 19.1 Å². The van der Waals surface area contributed by atoms with Crippen molar-refractivity contribution < 1.29 is 14.6 Å². The Balaban J connectivity index is 1.92. The number of para-hydroxylation sites is 1. The Hall–Kier alpha value is -2.40. The minimum absolute atomic E-state index is 0.137. The number of nitrogens with one attached hydrogen (secondary N) is 1. The predicted octanol–water partition coefficient (Wildman–Crippen LogP) is 5.16. The summed E-state index contributed by atoms with van der Waals surface area (Å²) in [7, 11) is 1.69. The average Bonchev–Trinajstić information content (AvgIpc) is 2.64. The molecule has 0 amide bonds. The fourth-order valence-electron chi connectivity index (χ4n) is 3.33. The van der Waals surface area contributed by atoms with Gasteiger partial charge in [0.1, 0.15) is 5.75 Å². The molecule has 0 saturated carbocycles. The number of carboxylic acids is 1. The summed E-state index contributed by atoms with van der Waals surface area (Å²) in [4.78, 5) is 10.8. The predicted molar refractivity (Wildman–Crippen MR) is 114 cm³/mol. The van der Waals surface area contributed by atoms with Crippen molar-refractivity contribution in [3.63, 3.8) is 0 Å². The lowest BCUT2D eigenvalue weighted by Gasteiger charge is -2.32. The molecule has 1 heterocycles. The maximum atomic E-state index is 10.8. The minimum Gasteiger partial charge on any atom is -0.496 e. The molecule has 0 aliphatic carbocycles. The van der Waals surface area contributed by atoms with Crippen LogP contribution in [0.1, 0.15) is 25.8 Å². The minimum atomic E-state index is -0.749. The van der Waals surface area contributed by atoms with E-state index in [0.717, 1.165) is 28.3 Å². The van der Waals surface area contributed by atoms with Crippen molar-refractivity contribution in [1.82, 2.24) is 0 Å². The first kappa shape index (κ1) is 19.4. The number of hydrogen-bond acceptors (Lipinski definition) is 4. The quantitative estimate of drug-likeness (QED) is 0.647. The van der Waals surface area contributed by atoms with Gasteiger partial charge in [0.25, 0.3) is 0 Å². The van der Waals surface area contributed by atoms with Crippen molar-refractivity contribution in [2.24, 2.45) is 0 Å². The largest absolute Gasteiger partial charge is 0.496 e. The number of ether oxygens (including phenoxy) is 1. The summed E-state index contributed by atoms with van der Waals surface area (Å²) in [6.07, 6.45) is 2.43. The lowest BCUT2D eigenvalue weighted by Crippen LogP contribution is -2.32. The van der Waals surface area contributed by atoms with Crippen LogP contribution < -0.4 is 10.1 Å². The first-order chi connectivity index (χ1) is 12.9. The summed E-state index contributed by atoms with van der Waals surface area (Å²) in [5.41, 5.74) is 5.54. The molecule has 0 spiro atoms. The van der Waals surface area contributed by atoms with Crippen LogP contribution >= 0.6 is 11.8 Å². The second-order valence-electron chi connectivity index (χ2n) is 7.17. The van der Waals surface area contributed by atoms with Crippen molar-refractivity contribution in [2.45, 2.75) is 25.8 Å². The molecule has 0 radical (unpaired) electrons. The topological polar surface area (TPSA) is 58.6 Å². The Morgan fingerprint density at radius 2 is 1.96 bits per heavy atom. The van der Waals surface area contributed by atoms with Crippen molar-refractivity contribution in [1.29, 1.82) is 0 Å². The molecule has 3 rings (SSSR count). The maximum absolute atomic E-state index is 10.8. The van der Waals surface area contributed by atoms with Gasteiger partial charge in [-0.15, -0.1) is 0 Å². The molecule has 2 aromatic carbocycles. The number of thioether (sulfide) groups is 1. The standard InChI is InChI=1S/C22H25NO3S/c1-22(2)13-16(14-27-11-10-21(24)25)18-12-15(8-9-19(18)23-22)17-6-4-5-7-20(17)26-3/h4-9,12-13,23H,10-11,14H2,1-3H3,(H,24,25). The monoisotopic (exact) mass is 383 g/mol. The molecule has 2 aromatic rings. The van der Waals surface area contributed by atoms with Gasteiger partial charge in [0.2, 0.25) is 0 Å². The zero-order valence-electron chi connectivity index (χ0n) is 15.9. The summed E-state index contributed by atoms with van der Waals surface area (Å²) in [5.74, 6) is 1.51. The van der Waals surface area contributed by atoms with Crippen LogP contribution in [0.2, 0.25) is 0 Å². The molecule has 142 valence electrons. The van der Waals surface area contributed by atoms with E-state index in [1.165, 1.54) is 11.1 Å². The number of fused-ring (bicyclic) bond motifs is 1. The molecule has 5 heteroatoms. The van der Waals surface area contributed by atoms with Gasteiger partial charge in [0.15, 0.2) is 0 Å². The summed E-state index contributed by atoms with van der Waals surface area (Å²) in [5, 5.41) is 12.4. The summed E-state index contributed by atoms with van der Waals surface area (Å²) < 4.78 is 5.52. The second kappa shape index (κ2) is 8.09. The number of rotatable bonds is 7. The Bertz CT molecular complexity index is 874. The molecule has 27 heavy (non-hydrogen) atoms. The number of carboxylic acid groups (broad SMARTS) is 1.